The van der Waals surface area contributed by atoms with E-state index in [2.05, 4.69) is 4.99 Å². The molecule has 0 saturated carbocycles. The van der Waals surface area contributed by atoms with Crippen molar-refractivity contribution >= 4 is 46.5 Å². The maximum absolute atomic E-state index is 12.8. The summed E-state index contributed by atoms with van der Waals surface area (Å²) in [4.78, 5) is 42.2. The van der Waals surface area contributed by atoms with E-state index in [1.165, 1.54) is 22.7 Å². The molecule has 0 unspecified atom stereocenters. The van der Waals surface area contributed by atoms with Crippen LogP contribution >= 0.6 is 11.8 Å². The van der Waals surface area contributed by atoms with Crippen LogP contribution in [0.3, 0.4) is 0 Å². The Kier molecular flexibility index (Phi) is 6.88. The number of carboxylic acid groups (broad SMARTS) is 1. The lowest BCUT2D eigenvalue weighted by molar-refractivity contribution is -0.121. The Hall–Kier alpha value is -4.11. The number of aromatic carboxylic acids is 1. The van der Waals surface area contributed by atoms with Crippen molar-refractivity contribution in [1.29, 1.82) is 0 Å². The molecule has 0 aliphatic carbocycles. The Morgan fingerprint density at radius 3 is 2.49 bits per heavy atom. The molecule has 178 valence electrons. The first-order valence-electron chi connectivity index (χ1n) is 10.7. The number of carbonyl (C=O) groups is 3. The van der Waals surface area contributed by atoms with Gasteiger partial charge in [0.15, 0.2) is 5.17 Å². The van der Waals surface area contributed by atoms with Crippen LogP contribution in [-0.4, -0.2) is 46.7 Å². The second kappa shape index (κ2) is 10.0. The van der Waals surface area contributed by atoms with Crippen LogP contribution in [0.15, 0.2) is 68.9 Å². The lowest BCUT2D eigenvalue weighted by Gasteiger charge is -2.07. The van der Waals surface area contributed by atoms with Gasteiger partial charge in [-0.2, -0.15) is 0 Å². The van der Waals surface area contributed by atoms with Gasteiger partial charge in [-0.15, -0.1) is 0 Å². The number of furan rings is 1. The van der Waals surface area contributed by atoms with Gasteiger partial charge in [-0.25, -0.2) is 14.6 Å². The number of nitrogens with zero attached hydrogens (tertiary/aromatic N) is 2. The third-order valence-corrected chi connectivity index (χ3v) is 6.31. The molecule has 2 aromatic carbocycles. The molecule has 1 aliphatic heterocycles. The number of carbonyl (C=O) groups excluding carboxylic acids is 2. The van der Waals surface area contributed by atoms with E-state index < -0.39 is 11.9 Å². The molecule has 4 rings (SSSR count). The average Bonchev–Trinajstić information content (AvgIpc) is 3.40. The van der Waals surface area contributed by atoms with Crippen LogP contribution in [0, 0.1) is 6.92 Å². The third-order valence-electron chi connectivity index (χ3n) is 5.25. The van der Waals surface area contributed by atoms with E-state index in [4.69, 9.17) is 14.3 Å². The van der Waals surface area contributed by atoms with E-state index in [1.807, 2.05) is 6.92 Å². The number of amidine groups is 1. The molecule has 1 aromatic heterocycles. The fourth-order valence-electron chi connectivity index (χ4n) is 3.43. The zero-order chi connectivity index (χ0) is 25.1. The first-order chi connectivity index (χ1) is 16.8. The number of carboxylic acids is 1. The summed E-state index contributed by atoms with van der Waals surface area (Å²) in [6.07, 6.45) is 1.65. The highest BCUT2D eigenvalue weighted by molar-refractivity contribution is 8.18. The molecule has 0 radical (unpaired) electrons. The largest absolute Gasteiger partial charge is 0.478 e. The van der Waals surface area contributed by atoms with E-state index >= 15 is 0 Å². The highest BCUT2D eigenvalue weighted by Gasteiger charge is 2.30. The third kappa shape index (κ3) is 5.20. The minimum Gasteiger partial charge on any atom is -0.478 e. The topological polar surface area (TPSA) is 109 Å². The van der Waals surface area contributed by atoms with Gasteiger partial charge in [0, 0.05) is 18.7 Å². The van der Waals surface area contributed by atoms with Gasteiger partial charge < -0.3 is 14.3 Å². The summed E-state index contributed by atoms with van der Waals surface area (Å²) < 4.78 is 10.9. The summed E-state index contributed by atoms with van der Waals surface area (Å²) in [5.41, 5.74) is 2.78. The van der Waals surface area contributed by atoms with Gasteiger partial charge in [-0.3, -0.25) is 9.69 Å². The Bertz CT molecular complexity index is 1370. The summed E-state index contributed by atoms with van der Waals surface area (Å²) in [6, 6.07) is 15.0. The number of esters is 1. The summed E-state index contributed by atoms with van der Waals surface area (Å²) in [7, 11) is 1.64. The molecule has 0 atom stereocenters. The molecular formula is C26H22N2O6S. The highest BCUT2D eigenvalue weighted by Crippen LogP contribution is 2.34. The van der Waals surface area contributed by atoms with Gasteiger partial charge >= 0.3 is 11.9 Å². The van der Waals surface area contributed by atoms with E-state index in [1.54, 1.807) is 68.6 Å². The zero-order valence-corrected chi connectivity index (χ0v) is 20.1. The van der Waals surface area contributed by atoms with Crippen molar-refractivity contribution in [3.05, 3.63) is 82.0 Å². The molecule has 3 aromatic rings. The summed E-state index contributed by atoms with van der Waals surface area (Å²) in [5.74, 6) is -0.531. The molecule has 1 saturated heterocycles. The lowest BCUT2D eigenvalue weighted by Crippen LogP contribution is -2.23. The SMILES string of the molecule is CCOC(=O)c1ccc(N=C2S/C(=C\c3ccc(-c4ccc(C(=O)O)cc4C)o3)C(=O)N2C)cc1. The number of amides is 1. The van der Waals surface area contributed by atoms with Crippen LogP contribution in [-0.2, 0) is 9.53 Å². The number of hydrogen-bond donors (Lipinski definition) is 1. The molecule has 1 N–H and O–H groups in total. The normalized spacial score (nSPS) is 15.7. The average molecular weight is 491 g/mol. The smallest absolute Gasteiger partial charge is 0.338 e. The van der Waals surface area contributed by atoms with Crippen LogP contribution in [0.25, 0.3) is 17.4 Å². The Labute approximate surface area is 205 Å². The summed E-state index contributed by atoms with van der Waals surface area (Å²) in [6.45, 7) is 3.86. The predicted molar refractivity (Wildman–Crippen MR) is 134 cm³/mol. The number of benzene rings is 2. The zero-order valence-electron chi connectivity index (χ0n) is 19.3. The van der Waals surface area contributed by atoms with Gasteiger partial charge in [0.2, 0.25) is 0 Å². The first-order valence-corrected chi connectivity index (χ1v) is 11.6. The Morgan fingerprint density at radius 1 is 1.11 bits per heavy atom. The van der Waals surface area contributed by atoms with Gasteiger partial charge in [-0.05, 0) is 79.7 Å². The number of thioether (sulfide) groups is 1. The summed E-state index contributed by atoms with van der Waals surface area (Å²) in [5, 5.41) is 9.65. The van der Waals surface area contributed by atoms with Gasteiger partial charge in [0.05, 0.1) is 28.3 Å². The van der Waals surface area contributed by atoms with Gasteiger partial charge in [0.1, 0.15) is 11.5 Å². The van der Waals surface area contributed by atoms with Crippen molar-refractivity contribution < 1.29 is 28.6 Å². The molecule has 1 aliphatic rings. The van der Waals surface area contributed by atoms with Crippen molar-refractivity contribution in [1.82, 2.24) is 4.90 Å². The molecular weight excluding hydrogens is 468 g/mol. The fourth-order valence-corrected chi connectivity index (χ4v) is 4.39. The Morgan fingerprint density at radius 2 is 1.83 bits per heavy atom. The number of hydrogen-bond acceptors (Lipinski definition) is 7. The minimum absolute atomic E-state index is 0.207. The number of ether oxygens (including phenoxy) is 1. The quantitative estimate of drug-likeness (QED) is 0.366. The number of aryl methyl sites for hydroxylation is 1. The first kappa shape index (κ1) is 24.0. The van der Waals surface area contributed by atoms with Crippen molar-refractivity contribution in [2.24, 2.45) is 4.99 Å². The van der Waals surface area contributed by atoms with Crippen LogP contribution in [0.4, 0.5) is 5.69 Å². The van der Waals surface area contributed by atoms with E-state index in [-0.39, 0.29) is 11.5 Å². The van der Waals surface area contributed by atoms with Crippen molar-refractivity contribution in [2.45, 2.75) is 13.8 Å². The molecule has 1 fully saturated rings. The van der Waals surface area contributed by atoms with Gasteiger partial charge in [-0.1, -0.05) is 6.07 Å². The second-order valence-corrected chi connectivity index (χ2v) is 8.68. The highest BCUT2D eigenvalue weighted by atomic mass is 32.2. The molecule has 9 heteroatoms. The molecule has 0 spiro atoms. The monoisotopic (exact) mass is 490 g/mol. The van der Waals surface area contributed by atoms with Gasteiger partial charge in [0.25, 0.3) is 5.91 Å². The minimum atomic E-state index is -0.988. The van der Waals surface area contributed by atoms with E-state index in [0.717, 1.165) is 11.1 Å². The standard InChI is InChI=1S/C26H22N2O6S/c1-4-33-25(32)16-5-8-18(9-6-16)27-26-28(3)23(29)22(35-26)14-19-10-12-21(34-19)20-11-7-17(24(30)31)13-15(20)2/h5-14H,4H2,1-3H3,(H,30,31)/b22-14-,27-26?. The number of rotatable bonds is 6. The van der Waals surface area contributed by atoms with Crippen molar-refractivity contribution in [3.63, 3.8) is 0 Å². The molecule has 0 bridgehead atoms. The maximum atomic E-state index is 12.8. The van der Waals surface area contributed by atoms with E-state index in [0.29, 0.717) is 39.5 Å². The van der Waals surface area contributed by atoms with Crippen molar-refractivity contribution in [3.8, 4) is 11.3 Å². The molecule has 2 heterocycles. The second-order valence-electron chi connectivity index (χ2n) is 7.67. The number of likely N-dealkylation sites (N-methyl/N-ethyl adjacent to an activating group) is 1. The lowest BCUT2D eigenvalue weighted by atomic mass is 10.0. The van der Waals surface area contributed by atoms with Crippen LogP contribution < -0.4 is 0 Å². The van der Waals surface area contributed by atoms with Crippen molar-refractivity contribution in [2.75, 3.05) is 13.7 Å². The van der Waals surface area contributed by atoms with Crippen LogP contribution in [0.5, 0.6) is 0 Å². The molecule has 35 heavy (non-hydrogen) atoms. The fraction of sp³-hybridized carbons (Fsp3) is 0.154. The van der Waals surface area contributed by atoms with Crippen LogP contribution in [0.1, 0.15) is 39.0 Å². The van der Waals surface area contributed by atoms with Crippen LogP contribution in [0.2, 0.25) is 0 Å². The molecule has 8 nitrogen and oxygen atoms in total. The maximum Gasteiger partial charge on any atom is 0.338 e. The number of aliphatic imine (C=N–C) groups is 1. The Balaban J connectivity index is 1.53. The predicted octanol–water partition coefficient (Wildman–Crippen LogP) is 5.36. The summed E-state index contributed by atoms with van der Waals surface area (Å²) >= 11 is 1.22. The van der Waals surface area contributed by atoms with E-state index in [9.17, 15) is 14.4 Å². The molecule has 1 amide bonds.